The second-order valence-corrected chi connectivity index (χ2v) is 13.1. The van der Waals surface area contributed by atoms with Gasteiger partial charge in [-0.05, 0) is 72.3 Å². The fraction of sp³-hybridized carbons (Fsp3) is 0.0968. The fourth-order valence-corrected chi connectivity index (χ4v) is 5.38. The van der Waals surface area contributed by atoms with E-state index < -0.39 is 36.8 Å². The molecule has 0 aliphatic rings. The summed E-state index contributed by atoms with van der Waals surface area (Å²) in [4.78, 5) is 24.2. The third-order valence-corrected chi connectivity index (χ3v) is 8.28. The quantitative estimate of drug-likeness (QED) is 0.0481. The van der Waals surface area contributed by atoms with Crippen molar-refractivity contribution in [3.05, 3.63) is 108 Å². The van der Waals surface area contributed by atoms with Gasteiger partial charge >= 0.3 is 0 Å². The van der Waals surface area contributed by atoms with Crippen molar-refractivity contribution in [2.45, 2.75) is 16.2 Å². The number of aliphatic hydroxyl groups excluding tert-OH is 1. The molecular formula is C31H27N9O8S2. The highest BCUT2D eigenvalue weighted by molar-refractivity contribution is 7.86. The van der Waals surface area contributed by atoms with Gasteiger partial charge in [-0.25, -0.2) is 0 Å². The Kier molecular flexibility index (Phi) is 11.0. The fourth-order valence-electron chi connectivity index (χ4n) is 4.22. The van der Waals surface area contributed by atoms with Crippen molar-refractivity contribution < 1.29 is 35.8 Å². The molecule has 0 bridgehead atoms. The van der Waals surface area contributed by atoms with E-state index in [2.05, 4.69) is 40.7 Å². The predicted molar refractivity (Wildman–Crippen MR) is 180 cm³/mol. The molecular weight excluding hydrogens is 691 g/mol. The SMILES string of the molecule is O=CCN(CO)c1nc(Cc2ccc(N=Nc3ccccc3)cc2)nc(Nc2ccc(N=Nc3cc(S(=O)(=O)O)cc(S(=O)(=O)O)c3)cc2)n1. The lowest BCUT2D eigenvalue weighted by molar-refractivity contribution is -0.106. The molecule has 0 unspecified atom stereocenters. The van der Waals surface area contributed by atoms with Gasteiger partial charge in [-0.15, -0.1) is 0 Å². The monoisotopic (exact) mass is 717 g/mol. The van der Waals surface area contributed by atoms with Crippen LogP contribution in [-0.2, 0) is 31.5 Å². The van der Waals surface area contributed by atoms with Gasteiger partial charge in [0.25, 0.3) is 20.2 Å². The average molecular weight is 718 g/mol. The number of hydrogen-bond donors (Lipinski definition) is 4. The van der Waals surface area contributed by atoms with E-state index in [0.29, 0.717) is 29.6 Å². The van der Waals surface area contributed by atoms with Gasteiger partial charge < -0.3 is 20.1 Å². The second-order valence-electron chi connectivity index (χ2n) is 10.3. The summed E-state index contributed by atoms with van der Waals surface area (Å²) < 4.78 is 65.0. The number of benzene rings is 4. The summed E-state index contributed by atoms with van der Waals surface area (Å²) in [5.41, 5.74) is 2.70. The van der Waals surface area contributed by atoms with Gasteiger partial charge in [-0.1, -0.05) is 30.3 Å². The Morgan fingerprint density at radius 1 is 0.680 bits per heavy atom. The highest BCUT2D eigenvalue weighted by Crippen LogP contribution is 2.27. The van der Waals surface area contributed by atoms with Crippen molar-refractivity contribution >= 4 is 66.9 Å². The topological polar surface area (TPSA) is 249 Å². The number of nitrogens with zero attached hydrogens (tertiary/aromatic N) is 8. The molecule has 0 spiro atoms. The van der Waals surface area contributed by atoms with Crippen LogP contribution in [0.5, 0.6) is 0 Å². The van der Waals surface area contributed by atoms with E-state index in [1.807, 2.05) is 42.5 Å². The lowest BCUT2D eigenvalue weighted by Gasteiger charge is -2.18. The van der Waals surface area contributed by atoms with Crippen LogP contribution in [0.4, 0.5) is 40.3 Å². The van der Waals surface area contributed by atoms with Crippen LogP contribution in [0.15, 0.2) is 127 Å². The molecule has 0 fully saturated rings. The summed E-state index contributed by atoms with van der Waals surface area (Å²) in [5.74, 6) is 0.501. The molecule has 50 heavy (non-hydrogen) atoms. The number of aliphatic hydroxyl groups is 1. The standard InChI is InChI=1S/C31H27N9O8S2/c41-15-14-40(20-42)31-34-29(16-21-6-8-24(9-7-21)37-36-23-4-2-1-3-5-23)33-30(35-31)32-22-10-12-25(13-11-22)38-39-26-17-27(49(43,44)45)19-28(18-26)50(46,47)48/h1-13,15,17-19,42H,14,16,20H2,(H,43,44,45)(H,46,47,48)(H,32,33,34,35). The number of anilines is 3. The number of carbonyl (C=O) groups is 1. The lowest BCUT2D eigenvalue weighted by atomic mass is 10.1. The Morgan fingerprint density at radius 2 is 1.22 bits per heavy atom. The molecule has 0 saturated heterocycles. The summed E-state index contributed by atoms with van der Waals surface area (Å²) in [6, 6.07) is 25.2. The van der Waals surface area contributed by atoms with Crippen LogP contribution in [0.1, 0.15) is 11.4 Å². The summed E-state index contributed by atoms with van der Waals surface area (Å²) in [5, 5.41) is 29.1. The molecule has 19 heteroatoms. The van der Waals surface area contributed by atoms with Crippen LogP contribution < -0.4 is 10.2 Å². The average Bonchev–Trinajstić information content (AvgIpc) is 3.09. The van der Waals surface area contributed by atoms with Gasteiger partial charge in [-0.3, -0.25) is 9.11 Å². The third-order valence-electron chi connectivity index (χ3n) is 6.62. The Morgan fingerprint density at radius 3 is 1.76 bits per heavy atom. The molecule has 0 aliphatic carbocycles. The van der Waals surface area contributed by atoms with Crippen LogP contribution in [0, 0.1) is 0 Å². The van der Waals surface area contributed by atoms with Gasteiger partial charge in [0.15, 0.2) is 0 Å². The first-order chi connectivity index (χ1) is 23.9. The van der Waals surface area contributed by atoms with Crippen LogP contribution in [0.25, 0.3) is 0 Å². The summed E-state index contributed by atoms with van der Waals surface area (Å²) in [6.07, 6.45) is 0.878. The van der Waals surface area contributed by atoms with E-state index in [0.717, 1.165) is 23.4 Å². The minimum Gasteiger partial charge on any atom is -0.376 e. The molecule has 1 heterocycles. The number of nitrogens with one attached hydrogen (secondary N) is 1. The van der Waals surface area contributed by atoms with Crippen molar-refractivity contribution in [1.82, 2.24) is 15.0 Å². The van der Waals surface area contributed by atoms with Crippen molar-refractivity contribution in [1.29, 1.82) is 0 Å². The van der Waals surface area contributed by atoms with Crippen LogP contribution in [0.2, 0.25) is 0 Å². The van der Waals surface area contributed by atoms with E-state index in [9.17, 15) is 35.8 Å². The highest BCUT2D eigenvalue weighted by atomic mass is 32.2. The number of rotatable bonds is 14. The summed E-state index contributed by atoms with van der Waals surface area (Å²) in [6.45, 7) is -0.694. The zero-order valence-corrected chi connectivity index (χ0v) is 27.3. The van der Waals surface area contributed by atoms with Gasteiger partial charge in [0.1, 0.15) is 18.8 Å². The number of aromatic nitrogens is 3. The first kappa shape index (κ1) is 35.4. The van der Waals surface area contributed by atoms with Crippen molar-refractivity contribution in [2.24, 2.45) is 20.5 Å². The van der Waals surface area contributed by atoms with Crippen molar-refractivity contribution in [2.75, 3.05) is 23.5 Å². The largest absolute Gasteiger partial charge is 0.376 e. The van der Waals surface area contributed by atoms with E-state index in [-0.39, 0.29) is 36.2 Å². The number of hydrogen-bond acceptors (Lipinski definition) is 15. The molecule has 4 N–H and O–H groups in total. The molecule has 17 nitrogen and oxygen atoms in total. The zero-order valence-electron chi connectivity index (χ0n) is 25.7. The molecule has 1 aromatic heterocycles. The highest BCUT2D eigenvalue weighted by Gasteiger charge is 2.18. The molecule has 4 aromatic carbocycles. The Labute approximate surface area is 285 Å². The maximum Gasteiger partial charge on any atom is 0.294 e. The smallest absolute Gasteiger partial charge is 0.294 e. The molecule has 0 amide bonds. The molecule has 0 atom stereocenters. The number of aldehydes is 1. The van der Waals surface area contributed by atoms with E-state index in [1.54, 1.807) is 24.3 Å². The predicted octanol–water partition coefficient (Wildman–Crippen LogP) is 5.49. The van der Waals surface area contributed by atoms with Crippen LogP contribution in [-0.4, -0.2) is 65.6 Å². The lowest BCUT2D eigenvalue weighted by Crippen LogP contribution is -2.29. The minimum atomic E-state index is -4.82. The molecule has 5 rings (SSSR count). The molecule has 5 aromatic rings. The third kappa shape index (κ3) is 9.84. The second kappa shape index (κ2) is 15.6. The van der Waals surface area contributed by atoms with E-state index in [1.165, 1.54) is 17.0 Å². The minimum absolute atomic E-state index is 0.0576. The van der Waals surface area contributed by atoms with Gasteiger partial charge in [-0.2, -0.15) is 52.2 Å². The summed E-state index contributed by atoms with van der Waals surface area (Å²) in [7, 11) is -9.63. The zero-order chi connectivity index (χ0) is 35.7. The number of carbonyl (C=O) groups excluding carboxylic acids is 1. The maximum absolute atomic E-state index is 11.6. The normalized spacial score (nSPS) is 12.0. The van der Waals surface area contributed by atoms with Crippen molar-refractivity contribution in [3.8, 4) is 0 Å². The molecule has 256 valence electrons. The molecule has 0 radical (unpaired) electrons. The van der Waals surface area contributed by atoms with Crippen molar-refractivity contribution in [3.63, 3.8) is 0 Å². The van der Waals surface area contributed by atoms with E-state index in [4.69, 9.17) is 0 Å². The molecule has 0 aliphatic heterocycles. The molecule has 0 saturated carbocycles. The van der Waals surface area contributed by atoms with E-state index >= 15 is 0 Å². The first-order valence-corrected chi connectivity index (χ1v) is 17.3. The van der Waals surface area contributed by atoms with Gasteiger partial charge in [0.05, 0.1) is 39.1 Å². The maximum atomic E-state index is 11.6. The number of azo groups is 2. The first-order valence-electron chi connectivity index (χ1n) is 14.4. The van der Waals surface area contributed by atoms with Gasteiger partial charge in [0, 0.05) is 12.1 Å². The Balaban J connectivity index is 1.35. The van der Waals surface area contributed by atoms with Gasteiger partial charge in [0.2, 0.25) is 11.9 Å². The summed E-state index contributed by atoms with van der Waals surface area (Å²) >= 11 is 0. The van der Waals surface area contributed by atoms with Crippen LogP contribution in [0.3, 0.4) is 0 Å². The Hall–Kier alpha value is -5.86. The Bertz CT molecular complexity index is 2200. The van der Waals surface area contributed by atoms with Crippen LogP contribution >= 0.6 is 0 Å².